The molecule has 4 rings (SSSR count). The first-order valence-electron chi connectivity index (χ1n) is 12.3. The number of benzene rings is 2. The van der Waals surface area contributed by atoms with E-state index in [1.165, 1.54) is 4.90 Å². The summed E-state index contributed by atoms with van der Waals surface area (Å²) in [5, 5.41) is 3.14. The number of nitrogen functional groups attached to an aromatic ring is 1. The minimum Gasteiger partial charge on any atom is -0.494 e. The van der Waals surface area contributed by atoms with Gasteiger partial charge in [0, 0.05) is 11.7 Å². The number of amides is 3. The maximum atomic E-state index is 14.1. The van der Waals surface area contributed by atoms with Crippen LogP contribution in [0.3, 0.4) is 0 Å². The molecule has 194 valence electrons. The number of hydrogen-bond acceptors (Lipinski definition) is 7. The van der Waals surface area contributed by atoms with Crippen molar-refractivity contribution >= 4 is 40.6 Å². The maximum absolute atomic E-state index is 14.1. The molecular weight excluding hydrogens is 490 g/mol. The van der Waals surface area contributed by atoms with Gasteiger partial charge in [-0.3, -0.25) is 19.3 Å². The number of nitrogens with zero attached hydrogens (tertiary/aromatic N) is 2. The topological polar surface area (TPSA) is 141 Å². The Morgan fingerprint density at radius 1 is 1.11 bits per heavy atom. The van der Waals surface area contributed by atoms with E-state index < -0.39 is 17.9 Å². The number of nitrogens with two attached hydrogens (primary N) is 2. The molecule has 3 amide bonds. The van der Waals surface area contributed by atoms with Crippen LogP contribution in [0.2, 0.25) is 0 Å². The van der Waals surface area contributed by atoms with Gasteiger partial charge in [-0.2, -0.15) is 4.37 Å². The summed E-state index contributed by atoms with van der Waals surface area (Å²) in [5.41, 5.74) is 13.4. The molecular formula is C27H31N5O4S. The Morgan fingerprint density at radius 3 is 2.32 bits per heavy atom. The van der Waals surface area contributed by atoms with Crippen LogP contribution in [-0.2, 0) is 4.79 Å². The highest BCUT2D eigenvalue weighted by Gasteiger charge is 2.37. The number of ether oxygens (including phenoxy) is 1. The Balaban J connectivity index is 1.83. The normalized spacial score (nSPS) is 14.2. The molecule has 1 aliphatic rings. The minimum atomic E-state index is -0.995. The molecule has 3 aromatic rings. The summed E-state index contributed by atoms with van der Waals surface area (Å²) in [4.78, 5) is 41.2. The molecule has 1 saturated carbocycles. The Bertz CT molecular complexity index is 1270. The van der Waals surface area contributed by atoms with Crippen LogP contribution in [0.15, 0.2) is 48.5 Å². The summed E-state index contributed by atoms with van der Waals surface area (Å²) in [6.07, 6.45) is 3.89. The van der Waals surface area contributed by atoms with Crippen molar-refractivity contribution in [2.75, 3.05) is 17.2 Å². The monoisotopic (exact) mass is 521 g/mol. The lowest BCUT2D eigenvalue weighted by atomic mass is 10.0. The van der Waals surface area contributed by atoms with Gasteiger partial charge in [0.2, 0.25) is 5.91 Å². The number of aryl methyl sites for hydroxylation is 1. The number of carbonyl (C=O) groups is 3. The van der Waals surface area contributed by atoms with Crippen LogP contribution < -0.4 is 26.4 Å². The fourth-order valence-corrected chi connectivity index (χ4v) is 5.25. The van der Waals surface area contributed by atoms with Crippen molar-refractivity contribution in [3.8, 4) is 5.75 Å². The van der Waals surface area contributed by atoms with E-state index in [4.69, 9.17) is 16.2 Å². The van der Waals surface area contributed by atoms with E-state index >= 15 is 0 Å². The van der Waals surface area contributed by atoms with Gasteiger partial charge < -0.3 is 21.5 Å². The zero-order valence-corrected chi connectivity index (χ0v) is 21.7. The highest BCUT2D eigenvalue weighted by molar-refractivity contribution is 7.09. The minimum absolute atomic E-state index is 0.0356. The first-order valence-corrected chi connectivity index (χ1v) is 13.1. The molecule has 1 atom stereocenters. The second kappa shape index (κ2) is 11.4. The van der Waals surface area contributed by atoms with Crippen LogP contribution in [0.5, 0.6) is 5.75 Å². The number of anilines is 2. The van der Waals surface area contributed by atoms with Crippen molar-refractivity contribution in [1.29, 1.82) is 0 Å². The van der Waals surface area contributed by atoms with Gasteiger partial charge in [0.15, 0.2) is 5.69 Å². The van der Waals surface area contributed by atoms with Crippen LogP contribution in [0.25, 0.3) is 0 Å². The Labute approximate surface area is 220 Å². The molecule has 1 aromatic heterocycles. The maximum Gasteiger partial charge on any atom is 0.273 e. The van der Waals surface area contributed by atoms with Gasteiger partial charge in [-0.05, 0) is 68.1 Å². The van der Waals surface area contributed by atoms with E-state index in [-0.39, 0.29) is 28.2 Å². The smallest absolute Gasteiger partial charge is 0.273 e. The van der Waals surface area contributed by atoms with Gasteiger partial charge in [0.1, 0.15) is 16.7 Å². The van der Waals surface area contributed by atoms with E-state index in [1.54, 1.807) is 24.3 Å². The molecule has 5 N–H and O–H groups in total. The fourth-order valence-electron chi connectivity index (χ4n) is 4.51. The number of carbonyl (C=O) groups excluding carboxylic acids is 3. The molecule has 0 aliphatic heterocycles. The summed E-state index contributed by atoms with van der Waals surface area (Å²) in [7, 11) is 0. The van der Waals surface area contributed by atoms with Crippen molar-refractivity contribution in [2.24, 2.45) is 5.73 Å². The third-order valence-electron chi connectivity index (χ3n) is 6.40. The molecule has 9 nitrogen and oxygen atoms in total. The lowest BCUT2D eigenvalue weighted by Crippen LogP contribution is -2.46. The summed E-state index contributed by atoms with van der Waals surface area (Å²) < 4.78 is 9.56. The molecule has 0 radical (unpaired) electrons. The first-order chi connectivity index (χ1) is 17.8. The largest absolute Gasteiger partial charge is 0.494 e. The summed E-state index contributed by atoms with van der Waals surface area (Å²) >= 11 is 0.783. The molecule has 0 spiro atoms. The molecule has 37 heavy (non-hydrogen) atoms. The van der Waals surface area contributed by atoms with Gasteiger partial charge in [-0.25, -0.2) is 0 Å². The average molecular weight is 522 g/mol. The lowest BCUT2D eigenvalue weighted by molar-refractivity contribution is -0.123. The molecule has 1 fully saturated rings. The molecule has 0 saturated heterocycles. The van der Waals surface area contributed by atoms with Crippen LogP contribution in [0.1, 0.15) is 69.9 Å². The first kappa shape index (κ1) is 26.2. The predicted molar refractivity (Wildman–Crippen MR) is 144 cm³/mol. The fraction of sp³-hybridized carbons (Fsp3) is 0.333. The molecule has 10 heteroatoms. The second-order valence-electron chi connectivity index (χ2n) is 9.04. The van der Waals surface area contributed by atoms with E-state index in [0.717, 1.165) is 42.8 Å². The molecule has 1 aliphatic carbocycles. The third kappa shape index (κ3) is 5.75. The van der Waals surface area contributed by atoms with Gasteiger partial charge in [-0.15, -0.1) is 0 Å². The molecule has 2 aromatic carbocycles. The average Bonchev–Trinajstić information content (AvgIpc) is 3.53. The third-order valence-corrected chi connectivity index (χ3v) is 7.25. The standard InChI is InChI=1S/C27H31N5O4S/c1-3-36-20-14-12-19(13-15-20)32(27(35)24-21(28)22(25(29)33)31-37-24)23(17-10-8-16(2)9-11-17)26(34)30-18-6-4-5-7-18/h8-15,18,23H,3-7,28H2,1-2H3,(H2,29,33)(H,30,34)/t23-/m1/s1. The molecule has 1 heterocycles. The summed E-state index contributed by atoms with van der Waals surface area (Å²) in [6.45, 7) is 4.33. The van der Waals surface area contributed by atoms with Crippen LogP contribution in [-0.4, -0.2) is 34.7 Å². The number of rotatable bonds is 9. The van der Waals surface area contributed by atoms with E-state index in [0.29, 0.717) is 23.6 Å². The number of primary amides is 1. The van der Waals surface area contributed by atoms with Crippen molar-refractivity contribution in [3.05, 3.63) is 70.2 Å². The van der Waals surface area contributed by atoms with Crippen molar-refractivity contribution < 1.29 is 19.1 Å². The summed E-state index contributed by atoms with van der Waals surface area (Å²) in [6, 6.07) is 13.5. The van der Waals surface area contributed by atoms with Crippen LogP contribution in [0.4, 0.5) is 11.4 Å². The van der Waals surface area contributed by atoms with Gasteiger partial charge >= 0.3 is 0 Å². The van der Waals surface area contributed by atoms with Gasteiger partial charge in [0.25, 0.3) is 11.8 Å². The lowest BCUT2D eigenvalue weighted by Gasteiger charge is -2.32. The SMILES string of the molecule is CCOc1ccc(N(C(=O)c2snc(C(N)=O)c2N)[C@@H](C(=O)NC2CCCC2)c2ccc(C)cc2)cc1. The van der Waals surface area contributed by atoms with E-state index in [9.17, 15) is 14.4 Å². The highest BCUT2D eigenvalue weighted by Crippen LogP contribution is 2.34. The zero-order chi connectivity index (χ0) is 26.5. The van der Waals surface area contributed by atoms with Crippen LogP contribution in [0, 0.1) is 6.92 Å². The highest BCUT2D eigenvalue weighted by atomic mass is 32.1. The Kier molecular flexibility index (Phi) is 8.08. The zero-order valence-electron chi connectivity index (χ0n) is 20.9. The number of hydrogen-bond donors (Lipinski definition) is 3. The van der Waals surface area contributed by atoms with E-state index in [2.05, 4.69) is 9.69 Å². The van der Waals surface area contributed by atoms with Gasteiger partial charge in [-0.1, -0.05) is 42.7 Å². The number of nitrogens with one attached hydrogen (secondary N) is 1. The Morgan fingerprint density at radius 2 is 1.76 bits per heavy atom. The van der Waals surface area contributed by atoms with Crippen molar-refractivity contribution in [2.45, 2.75) is 51.6 Å². The van der Waals surface area contributed by atoms with Gasteiger partial charge in [0.05, 0.1) is 12.3 Å². The number of aromatic nitrogens is 1. The predicted octanol–water partition coefficient (Wildman–Crippen LogP) is 3.98. The van der Waals surface area contributed by atoms with E-state index in [1.807, 2.05) is 38.1 Å². The molecule has 0 unspecified atom stereocenters. The second-order valence-corrected chi connectivity index (χ2v) is 9.82. The van der Waals surface area contributed by atoms with Crippen LogP contribution >= 0.6 is 11.5 Å². The van der Waals surface area contributed by atoms with Crippen molar-refractivity contribution in [3.63, 3.8) is 0 Å². The van der Waals surface area contributed by atoms with Crippen molar-refractivity contribution in [1.82, 2.24) is 9.69 Å². The Hall–Kier alpha value is -3.92. The summed E-state index contributed by atoms with van der Waals surface area (Å²) in [5.74, 6) is -1.04. The quantitative estimate of drug-likeness (QED) is 0.389. The molecule has 0 bridgehead atoms.